The van der Waals surface area contributed by atoms with Gasteiger partial charge >= 0.3 is 5.97 Å². The third-order valence-corrected chi connectivity index (χ3v) is 8.82. The van der Waals surface area contributed by atoms with Crippen molar-refractivity contribution in [3.05, 3.63) is 53.7 Å². The largest absolute Gasteiger partial charge is 0.477 e. The lowest BCUT2D eigenvalue weighted by Gasteiger charge is -2.20. The average molecular weight is 466 g/mol. The van der Waals surface area contributed by atoms with Crippen LogP contribution >= 0.6 is 0 Å². The number of nitrogens with one attached hydrogen (secondary N) is 1. The van der Waals surface area contributed by atoms with Gasteiger partial charge in [0, 0.05) is 37.6 Å². The first kappa shape index (κ1) is 22.9. The molecule has 11 heteroatoms. The molecule has 0 spiro atoms. The summed E-state index contributed by atoms with van der Waals surface area (Å²) in [5.74, 6) is -1.83. The SMILES string of the molecule is Cc1cccc2c(-c3ccc(S(=O)(=O)N(C)CS(=O)(=O)N(C)C)cc3)c(C(=O)O)[nH]c12. The van der Waals surface area contributed by atoms with Gasteiger partial charge in [0.25, 0.3) is 0 Å². The third kappa shape index (κ3) is 4.22. The van der Waals surface area contributed by atoms with Gasteiger partial charge in [0.2, 0.25) is 20.0 Å². The smallest absolute Gasteiger partial charge is 0.352 e. The van der Waals surface area contributed by atoms with Crippen molar-refractivity contribution in [2.45, 2.75) is 11.8 Å². The summed E-state index contributed by atoms with van der Waals surface area (Å²) in [6.07, 6.45) is 0. The van der Waals surface area contributed by atoms with Gasteiger partial charge in [0.15, 0.2) is 0 Å². The molecule has 166 valence electrons. The van der Waals surface area contributed by atoms with Crippen LogP contribution in [0, 0.1) is 6.92 Å². The highest BCUT2D eigenvalue weighted by molar-refractivity contribution is 7.92. The van der Waals surface area contributed by atoms with Crippen LogP contribution in [-0.4, -0.2) is 68.5 Å². The first-order valence-corrected chi connectivity index (χ1v) is 12.2. The Kier molecular flexibility index (Phi) is 5.98. The fourth-order valence-corrected chi connectivity index (χ4v) is 5.70. The molecule has 0 fully saturated rings. The maximum absolute atomic E-state index is 12.8. The number of aromatic carboxylic acids is 1. The number of aromatic amines is 1. The van der Waals surface area contributed by atoms with Crippen molar-refractivity contribution in [3.63, 3.8) is 0 Å². The molecule has 3 aromatic rings. The number of carbonyl (C=O) groups is 1. The molecule has 2 N–H and O–H groups in total. The van der Waals surface area contributed by atoms with Crippen molar-refractivity contribution in [2.75, 3.05) is 27.0 Å². The number of aryl methyl sites for hydroxylation is 1. The van der Waals surface area contributed by atoms with E-state index in [0.29, 0.717) is 22.0 Å². The zero-order chi connectivity index (χ0) is 23.1. The summed E-state index contributed by atoms with van der Waals surface area (Å²) in [6, 6.07) is 11.2. The van der Waals surface area contributed by atoms with Gasteiger partial charge in [-0.25, -0.2) is 25.9 Å². The lowest BCUT2D eigenvalue weighted by molar-refractivity contribution is 0.0692. The van der Waals surface area contributed by atoms with Gasteiger partial charge in [0.1, 0.15) is 11.6 Å². The predicted molar refractivity (Wildman–Crippen MR) is 118 cm³/mol. The Morgan fingerprint density at radius 3 is 2.16 bits per heavy atom. The van der Waals surface area contributed by atoms with Crippen LogP contribution in [0.25, 0.3) is 22.0 Å². The van der Waals surface area contributed by atoms with Crippen LogP contribution in [0.4, 0.5) is 0 Å². The highest BCUT2D eigenvalue weighted by Crippen LogP contribution is 2.34. The second kappa shape index (κ2) is 8.08. The molecule has 0 radical (unpaired) electrons. The number of H-pyrrole nitrogens is 1. The van der Waals surface area contributed by atoms with E-state index in [1.165, 1.54) is 45.4 Å². The molecule has 1 aromatic heterocycles. The topological polar surface area (TPSA) is 128 Å². The minimum absolute atomic E-state index is 0.00843. The van der Waals surface area contributed by atoms with Crippen LogP contribution in [0.2, 0.25) is 0 Å². The number of benzene rings is 2. The maximum Gasteiger partial charge on any atom is 0.352 e. The van der Waals surface area contributed by atoms with Crippen LogP contribution < -0.4 is 0 Å². The van der Waals surface area contributed by atoms with E-state index in [0.717, 1.165) is 14.2 Å². The van der Waals surface area contributed by atoms with Gasteiger partial charge in [0.05, 0.1) is 4.90 Å². The molecule has 2 aromatic carbocycles. The zero-order valence-corrected chi connectivity index (χ0v) is 19.1. The number of aromatic nitrogens is 1. The number of carboxylic acid groups (broad SMARTS) is 1. The molecule has 0 saturated heterocycles. The zero-order valence-electron chi connectivity index (χ0n) is 17.4. The Labute approximate surface area is 181 Å². The highest BCUT2D eigenvalue weighted by Gasteiger charge is 2.27. The molecule has 9 nitrogen and oxygen atoms in total. The second-order valence-electron chi connectivity index (χ2n) is 7.33. The van der Waals surface area contributed by atoms with E-state index in [9.17, 15) is 26.7 Å². The lowest BCUT2D eigenvalue weighted by atomic mass is 10.0. The van der Waals surface area contributed by atoms with Gasteiger partial charge in [-0.3, -0.25) is 0 Å². The molecule has 1 heterocycles. The number of nitrogens with zero attached hydrogens (tertiary/aromatic N) is 2. The van der Waals surface area contributed by atoms with Crippen molar-refractivity contribution in [2.24, 2.45) is 0 Å². The van der Waals surface area contributed by atoms with Gasteiger partial charge in [-0.1, -0.05) is 30.3 Å². The third-order valence-electron chi connectivity index (χ3n) is 5.01. The molecule has 0 aliphatic rings. The standard InChI is InChI=1S/C20H23N3O6S2/c1-13-6-5-7-16-17(19(20(24)25)21-18(13)16)14-8-10-15(11-9-14)31(28,29)23(4)12-30(26,27)22(2)3/h5-11,21H,12H2,1-4H3,(H,24,25). The molecule has 0 aliphatic heterocycles. The van der Waals surface area contributed by atoms with Crippen molar-refractivity contribution in [1.29, 1.82) is 0 Å². The molecule has 0 amide bonds. The maximum atomic E-state index is 12.8. The molecule has 0 aliphatic carbocycles. The Hall–Kier alpha value is -2.73. The van der Waals surface area contributed by atoms with E-state index < -0.39 is 31.9 Å². The summed E-state index contributed by atoms with van der Waals surface area (Å²) in [5.41, 5.74) is 2.57. The lowest BCUT2D eigenvalue weighted by Crippen LogP contribution is -2.37. The Balaban J connectivity index is 2.04. The molecular weight excluding hydrogens is 442 g/mol. The normalized spacial score (nSPS) is 12.7. The summed E-state index contributed by atoms with van der Waals surface area (Å²) in [7, 11) is -3.99. The van der Waals surface area contributed by atoms with Crippen molar-refractivity contribution >= 4 is 36.9 Å². The minimum Gasteiger partial charge on any atom is -0.477 e. The highest BCUT2D eigenvalue weighted by atomic mass is 32.2. The fourth-order valence-electron chi connectivity index (χ4n) is 3.21. The predicted octanol–water partition coefficient (Wildman–Crippen LogP) is 2.31. The van der Waals surface area contributed by atoms with Gasteiger partial charge in [-0.15, -0.1) is 0 Å². The van der Waals surface area contributed by atoms with Gasteiger partial charge in [-0.05, 0) is 30.2 Å². The van der Waals surface area contributed by atoms with Gasteiger partial charge in [-0.2, -0.15) is 4.31 Å². The summed E-state index contributed by atoms with van der Waals surface area (Å²) >= 11 is 0. The molecule has 31 heavy (non-hydrogen) atoms. The van der Waals surface area contributed by atoms with E-state index in [1.807, 2.05) is 19.1 Å². The van der Waals surface area contributed by atoms with E-state index in [2.05, 4.69) is 4.98 Å². The summed E-state index contributed by atoms with van der Waals surface area (Å²) < 4.78 is 51.4. The van der Waals surface area contributed by atoms with Crippen LogP contribution in [-0.2, 0) is 20.0 Å². The Morgan fingerprint density at radius 1 is 1.00 bits per heavy atom. The first-order valence-electron chi connectivity index (χ1n) is 9.18. The Morgan fingerprint density at radius 2 is 1.61 bits per heavy atom. The number of rotatable bonds is 7. The van der Waals surface area contributed by atoms with Crippen molar-refractivity contribution in [3.8, 4) is 11.1 Å². The van der Waals surface area contributed by atoms with Crippen LogP contribution in [0.15, 0.2) is 47.4 Å². The van der Waals surface area contributed by atoms with E-state index in [4.69, 9.17) is 0 Å². The first-order chi connectivity index (χ1) is 14.4. The second-order valence-corrected chi connectivity index (χ2v) is 11.5. The quantitative estimate of drug-likeness (QED) is 0.551. The van der Waals surface area contributed by atoms with E-state index in [-0.39, 0.29) is 10.6 Å². The number of hydrogen-bond acceptors (Lipinski definition) is 5. The number of hydrogen-bond donors (Lipinski definition) is 2. The average Bonchev–Trinajstić information content (AvgIpc) is 3.09. The number of para-hydroxylation sites is 1. The van der Waals surface area contributed by atoms with Crippen LogP contribution in [0.3, 0.4) is 0 Å². The van der Waals surface area contributed by atoms with Crippen LogP contribution in [0.1, 0.15) is 16.1 Å². The molecule has 0 unspecified atom stereocenters. The summed E-state index contributed by atoms with van der Waals surface area (Å²) in [6.45, 7) is 1.86. The van der Waals surface area contributed by atoms with Crippen molar-refractivity contribution in [1.82, 2.24) is 13.6 Å². The summed E-state index contributed by atoms with van der Waals surface area (Å²) in [5, 5.41) is 10.3. The number of sulfonamides is 2. The van der Waals surface area contributed by atoms with Crippen molar-refractivity contribution < 1.29 is 26.7 Å². The summed E-state index contributed by atoms with van der Waals surface area (Å²) in [4.78, 5) is 14.6. The van der Waals surface area contributed by atoms with Crippen LogP contribution in [0.5, 0.6) is 0 Å². The molecular formula is C20H23N3O6S2. The minimum atomic E-state index is -4.06. The molecule has 0 saturated carbocycles. The molecule has 0 atom stereocenters. The Bertz CT molecular complexity index is 1360. The molecule has 3 rings (SSSR count). The van der Waals surface area contributed by atoms with Gasteiger partial charge < -0.3 is 10.1 Å². The fraction of sp³-hybridized carbons (Fsp3) is 0.250. The molecule has 0 bridgehead atoms. The number of carboxylic acids is 1. The monoisotopic (exact) mass is 465 g/mol. The van der Waals surface area contributed by atoms with E-state index >= 15 is 0 Å². The number of fused-ring (bicyclic) bond motifs is 1. The van der Waals surface area contributed by atoms with E-state index in [1.54, 1.807) is 6.07 Å².